The Balaban J connectivity index is 2.61. The fourth-order valence-corrected chi connectivity index (χ4v) is 1.51. The molecule has 0 aliphatic heterocycles. The van der Waals surface area contributed by atoms with Crippen LogP contribution in [0, 0.1) is 5.92 Å². The molecule has 0 spiro atoms. The van der Waals surface area contributed by atoms with Crippen molar-refractivity contribution in [3.63, 3.8) is 0 Å². The molecule has 0 bridgehead atoms. The van der Waals surface area contributed by atoms with Crippen molar-refractivity contribution >= 4 is 5.97 Å². The van der Waals surface area contributed by atoms with Crippen molar-refractivity contribution < 1.29 is 9.90 Å². The smallest absolute Gasteiger partial charge is 0.323 e. The van der Waals surface area contributed by atoms with Crippen molar-refractivity contribution in [1.82, 2.24) is 0 Å². The fourth-order valence-electron chi connectivity index (χ4n) is 1.51. The lowest BCUT2D eigenvalue weighted by molar-refractivity contribution is -0.150. The van der Waals surface area contributed by atoms with Gasteiger partial charge in [0.05, 0.1) is 0 Å². The lowest BCUT2D eigenvalue weighted by atomic mass is 9.66. The van der Waals surface area contributed by atoms with Gasteiger partial charge in [-0.3, -0.25) is 4.79 Å². The molecule has 0 heterocycles. The van der Waals surface area contributed by atoms with Gasteiger partial charge in [-0.2, -0.15) is 0 Å². The minimum absolute atomic E-state index is 0.199. The molecule has 3 heteroatoms. The van der Waals surface area contributed by atoms with Gasteiger partial charge in [0.25, 0.3) is 0 Å². The Labute approximate surface area is 60.2 Å². The predicted molar refractivity (Wildman–Crippen MR) is 37.6 cm³/mol. The number of carbonyl (C=O) groups is 1. The number of rotatable bonds is 2. The minimum Gasteiger partial charge on any atom is -0.480 e. The third-order valence-corrected chi connectivity index (χ3v) is 2.53. The van der Waals surface area contributed by atoms with Crippen LogP contribution in [0.15, 0.2) is 0 Å². The molecule has 0 aromatic rings. The number of carboxylic acids is 1. The summed E-state index contributed by atoms with van der Waals surface area (Å²) in [6.07, 6.45) is 2.49. The molecule has 0 amide bonds. The molecule has 3 nitrogen and oxygen atoms in total. The highest BCUT2D eigenvalue weighted by molar-refractivity contribution is 5.80. The van der Waals surface area contributed by atoms with E-state index in [-0.39, 0.29) is 5.92 Å². The molecule has 1 saturated carbocycles. The number of aliphatic carboxylic acids is 1. The molecule has 1 fully saturated rings. The molecule has 2 atom stereocenters. The van der Waals surface area contributed by atoms with Gasteiger partial charge in [0, 0.05) is 0 Å². The molecule has 0 aromatic heterocycles. The molecule has 10 heavy (non-hydrogen) atoms. The SMILES string of the molecule is CCC1CCC1(N)C(=O)O. The lowest BCUT2D eigenvalue weighted by Crippen LogP contribution is -2.60. The fraction of sp³-hybridized carbons (Fsp3) is 0.857. The van der Waals surface area contributed by atoms with E-state index in [9.17, 15) is 4.79 Å². The van der Waals surface area contributed by atoms with Crippen molar-refractivity contribution in [3.8, 4) is 0 Å². The Morgan fingerprint density at radius 2 is 2.50 bits per heavy atom. The highest BCUT2D eigenvalue weighted by Crippen LogP contribution is 2.38. The highest BCUT2D eigenvalue weighted by Gasteiger charge is 2.48. The summed E-state index contributed by atoms with van der Waals surface area (Å²) in [5.74, 6) is -0.643. The second-order valence-electron chi connectivity index (χ2n) is 2.99. The summed E-state index contributed by atoms with van der Waals surface area (Å²) in [7, 11) is 0. The third kappa shape index (κ3) is 0.814. The monoisotopic (exact) mass is 143 g/mol. The van der Waals surface area contributed by atoms with Crippen LogP contribution in [-0.4, -0.2) is 16.6 Å². The molecule has 1 aliphatic rings. The van der Waals surface area contributed by atoms with E-state index >= 15 is 0 Å². The normalized spacial score (nSPS) is 38.8. The molecular weight excluding hydrogens is 130 g/mol. The van der Waals surface area contributed by atoms with E-state index in [0.29, 0.717) is 6.42 Å². The van der Waals surface area contributed by atoms with Gasteiger partial charge in [-0.05, 0) is 18.8 Å². The first-order valence-electron chi connectivity index (χ1n) is 3.63. The summed E-state index contributed by atoms with van der Waals surface area (Å²) in [4.78, 5) is 10.5. The van der Waals surface area contributed by atoms with Crippen LogP contribution in [0.1, 0.15) is 26.2 Å². The maximum atomic E-state index is 10.5. The van der Waals surface area contributed by atoms with Crippen LogP contribution in [0.25, 0.3) is 0 Å². The number of hydrogen-bond donors (Lipinski definition) is 2. The van der Waals surface area contributed by atoms with Gasteiger partial charge < -0.3 is 10.8 Å². The van der Waals surface area contributed by atoms with E-state index in [2.05, 4.69) is 0 Å². The van der Waals surface area contributed by atoms with E-state index in [1.165, 1.54) is 0 Å². The van der Waals surface area contributed by atoms with Gasteiger partial charge in [-0.1, -0.05) is 13.3 Å². The standard InChI is InChI=1S/C7H13NO2/c1-2-5-3-4-7(5,8)6(9)10/h5H,2-4,8H2,1H3,(H,9,10). The Hall–Kier alpha value is -0.570. The third-order valence-electron chi connectivity index (χ3n) is 2.53. The maximum Gasteiger partial charge on any atom is 0.323 e. The van der Waals surface area contributed by atoms with Gasteiger partial charge >= 0.3 is 5.97 Å². The average Bonchev–Trinajstić information content (AvgIpc) is 1.85. The topological polar surface area (TPSA) is 63.3 Å². The van der Waals surface area contributed by atoms with Crippen molar-refractivity contribution in [3.05, 3.63) is 0 Å². The molecule has 0 aromatic carbocycles. The largest absolute Gasteiger partial charge is 0.480 e. The van der Waals surface area contributed by atoms with E-state index in [0.717, 1.165) is 12.8 Å². The molecular formula is C7H13NO2. The first-order chi connectivity index (χ1) is 4.61. The number of carboxylic acid groups (broad SMARTS) is 1. The summed E-state index contributed by atoms with van der Waals surface area (Å²) in [5, 5.41) is 8.67. The summed E-state index contributed by atoms with van der Waals surface area (Å²) in [6.45, 7) is 1.98. The van der Waals surface area contributed by atoms with Crippen LogP contribution in [0.4, 0.5) is 0 Å². The molecule has 0 radical (unpaired) electrons. The van der Waals surface area contributed by atoms with Crippen LogP contribution in [0.5, 0.6) is 0 Å². The van der Waals surface area contributed by atoms with Crippen LogP contribution in [0.3, 0.4) is 0 Å². The zero-order valence-corrected chi connectivity index (χ0v) is 6.13. The Morgan fingerprint density at radius 1 is 1.90 bits per heavy atom. The highest BCUT2D eigenvalue weighted by atomic mass is 16.4. The van der Waals surface area contributed by atoms with E-state index < -0.39 is 11.5 Å². The molecule has 0 saturated heterocycles. The second-order valence-corrected chi connectivity index (χ2v) is 2.99. The van der Waals surface area contributed by atoms with E-state index in [1.54, 1.807) is 0 Å². The van der Waals surface area contributed by atoms with Crippen molar-refractivity contribution in [1.29, 1.82) is 0 Å². The van der Waals surface area contributed by atoms with E-state index in [1.807, 2.05) is 6.92 Å². The zero-order valence-electron chi connectivity index (χ0n) is 6.13. The van der Waals surface area contributed by atoms with Crippen LogP contribution >= 0.6 is 0 Å². The molecule has 1 aliphatic carbocycles. The van der Waals surface area contributed by atoms with Gasteiger partial charge in [0.15, 0.2) is 0 Å². The van der Waals surface area contributed by atoms with Crippen molar-refractivity contribution in [2.45, 2.75) is 31.7 Å². The molecule has 1 rings (SSSR count). The molecule has 3 N–H and O–H groups in total. The van der Waals surface area contributed by atoms with Crippen LogP contribution < -0.4 is 5.73 Å². The number of nitrogens with two attached hydrogens (primary N) is 1. The first kappa shape index (κ1) is 7.54. The van der Waals surface area contributed by atoms with Gasteiger partial charge in [-0.25, -0.2) is 0 Å². The summed E-state index contributed by atoms with van der Waals surface area (Å²) < 4.78 is 0. The summed E-state index contributed by atoms with van der Waals surface area (Å²) >= 11 is 0. The van der Waals surface area contributed by atoms with Gasteiger partial charge in [-0.15, -0.1) is 0 Å². The molecule has 58 valence electrons. The van der Waals surface area contributed by atoms with Crippen molar-refractivity contribution in [2.75, 3.05) is 0 Å². The van der Waals surface area contributed by atoms with Crippen LogP contribution in [-0.2, 0) is 4.79 Å². The second kappa shape index (κ2) is 2.23. The Morgan fingerprint density at radius 3 is 2.60 bits per heavy atom. The Bertz CT molecular complexity index is 156. The average molecular weight is 143 g/mol. The predicted octanol–water partition coefficient (Wildman–Crippen LogP) is 0.588. The Kier molecular flexibility index (Phi) is 1.68. The first-order valence-corrected chi connectivity index (χ1v) is 3.63. The van der Waals surface area contributed by atoms with E-state index in [4.69, 9.17) is 10.8 Å². The zero-order chi connectivity index (χ0) is 7.78. The van der Waals surface area contributed by atoms with Gasteiger partial charge in [0.1, 0.15) is 5.54 Å². The number of hydrogen-bond acceptors (Lipinski definition) is 2. The van der Waals surface area contributed by atoms with Crippen molar-refractivity contribution in [2.24, 2.45) is 11.7 Å². The summed E-state index contributed by atoms with van der Waals surface area (Å²) in [5.41, 5.74) is 4.71. The van der Waals surface area contributed by atoms with Gasteiger partial charge in [0.2, 0.25) is 0 Å². The lowest BCUT2D eigenvalue weighted by Gasteiger charge is -2.42. The summed E-state index contributed by atoms with van der Waals surface area (Å²) in [6, 6.07) is 0. The molecule has 2 unspecified atom stereocenters. The maximum absolute atomic E-state index is 10.5. The minimum atomic E-state index is -0.894. The van der Waals surface area contributed by atoms with Crippen LogP contribution in [0.2, 0.25) is 0 Å². The quantitative estimate of drug-likeness (QED) is 0.594.